The van der Waals surface area contributed by atoms with E-state index in [9.17, 15) is 57.8 Å². The summed E-state index contributed by atoms with van der Waals surface area (Å²) < 4.78 is 2.72. The maximum Gasteiger partial charge on any atom is 0.245 e. The summed E-state index contributed by atoms with van der Waals surface area (Å²) in [4.78, 5) is 264. The predicted octanol–water partition coefficient (Wildman–Crippen LogP) is 5.26. The number of nitrogens with two attached hydrogens (primary N) is 5. The Balaban J connectivity index is 1.53. The van der Waals surface area contributed by atoms with Crippen molar-refractivity contribution in [2.24, 2.45) is 51.8 Å². The molecule has 752 valence electrons. The van der Waals surface area contributed by atoms with E-state index in [-0.39, 0.29) is 114 Å². The average Bonchev–Trinajstić information content (AvgIpc) is 1.68. The number of para-hydroxylation sites is 1. The number of carbonyl (C=O) groups is 18. The van der Waals surface area contributed by atoms with Crippen LogP contribution in [0.5, 0.6) is 5.75 Å². The molecule has 5 aromatic rings. The van der Waals surface area contributed by atoms with Crippen molar-refractivity contribution in [2.45, 2.75) is 307 Å². The van der Waals surface area contributed by atoms with Crippen LogP contribution in [0.1, 0.15) is 234 Å². The summed E-state index contributed by atoms with van der Waals surface area (Å²) in [5.41, 5.74) is 28.7. The number of amides is 12. The Morgan fingerprint density at radius 3 is 1.84 bits per heavy atom. The van der Waals surface area contributed by atoms with Crippen LogP contribution in [0.2, 0.25) is 0 Å². The van der Waals surface area contributed by atoms with Crippen LogP contribution in [0.15, 0.2) is 91.1 Å². The van der Waals surface area contributed by atoms with E-state index in [2.05, 4.69) is 58.2 Å². The van der Waals surface area contributed by atoms with E-state index in [0.29, 0.717) is 84.8 Å². The minimum Gasteiger partial charge on any atom is -0.492 e. The number of benzene rings is 4. The summed E-state index contributed by atoms with van der Waals surface area (Å²) in [6.07, 6.45) is -1.26. The first-order valence-corrected chi connectivity index (χ1v) is 49.2. The lowest BCUT2D eigenvalue weighted by Gasteiger charge is -2.39. The lowest BCUT2D eigenvalue weighted by molar-refractivity contribution is -0.140. The number of aliphatic hydroxyl groups excluding tert-OH is 1. The van der Waals surface area contributed by atoms with Crippen LogP contribution in [0.4, 0.5) is 0 Å². The van der Waals surface area contributed by atoms with Crippen LogP contribution in [-0.2, 0) is 106 Å². The number of aromatic nitrogens is 1. The number of aromatic amines is 1. The first-order chi connectivity index (χ1) is 64.5. The second-order valence-corrected chi connectivity index (χ2v) is 41.4. The van der Waals surface area contributed by atoms with E-state index in [4.69, 9.17) is 33.4 Å². The number of hydrogen-bond acceptors (Lipinski definition) is 25. The molecule has 137 heavy (non-hydrogen) atoms. The van der Waals surface area contributed by atoms with Crippen molar-refractivity contribution in [1.29, 1.82) is 0 Å². The molecule has 6 rings (SSSR count). The molecule has 4 aromatic carbocycles. The van der Waals surface area contributed by atoms with Crippen molar-refractivity contribution in [3.8, 4) is 5.75 Å². The first-order valence-electron chi connectivity index (χ1n) is 47.1. The summed E-state index contributed by atoms with van der Waals surface area (Å²) in [7, 11) is 1.91. The summed E-state index contributed by atoms with van der Waals surface area (Å²) in [6.45, 7) is 19.9. The Labute approximate surface area is 809 Å². The monoisotopic (exact) mass is 1940 g/mol. The van der Waals surface area contributed by atoms with Crippen molar-refractivity contribution < 1.29 is 96.1 Å². The fourth-order valence-corrected chi connectivity index (χ4v) is 19.4. The minimum atomic E-state index is -1.91. The second kappa shape index (κ2) is 54.7. The molecule has 1 aliphatic rings. The van der Waals surface area contributed by atoms with Gasteiger partial charge in [0.15, 0.2) is 23.1 Å². The molecular weight excluding hydrogens is 1800 g/mol. The molecule has 1 aliphatic heterocycles. The SMILES string of the molecule is CC(=O)CCCCC[C@@H]1NC(=O)[C@H](Cc2c[nH]c3c(C)cccc23)NC(=O)[C@H]([C@@H](C)O)NC(=O)[C@H](CC(N)=O)NC(=O)[C@@H](NC(C)=O)C(C)(C)SSC(C)(C)[C@@H](C(=O)C[C@@H](Cc2ccc(OCCN)cc2)C(=O)N[C@@H](Cc2ccc3ccccc3c2)C(=O)C[C@@](C)(CCCCN)C(=O)N[C@@H](CCCCNC(C)=O)C(=O)C[C@@H](CC(N)=O)C(=O)NC(C)(C)C(=O)C[C@H](CCCCN)C(C)=O)NC1=O. The zero-order valence-corrected chi connectivity index (χ0v) is 82.9. The molecule has 1 aromatic heterocycles. The number of ether oxygens (including phenoxy) is 1. The zero-order chi connectivity index (χ0) is 102. The van der Waals surface area contributed by atoms with Crippen LogP contribution >= 0.6 is 21.6 Å². The highest BCUT2D eigenvalue weighted by Gasteiger charge is 2.48. The van der Waals surface area contributed by atoms with E-state index < -0.39 is 213 Å². The van der Waals surface area contributed by atoms with Crippen molar-refractivity contribution in [3.05, 3.63) is 113 Å². The molecule has 36 nitrogen and oxygen atoms in total. The number of nitrogens with one attached hydrogen (secondary N) is 11. The third-order valence-corrected chi connectivity index (χ3v) is 28.9. The maximum atomic E-state index is 16.6. The van der Waals surface area contributed by atoms with E-state index >= 15 is 33.6 Å². The number of aryl methyl sites for hydroxylation is 1. The van der Waals surface area contributed by atoms with Gasteiger partial charge in [0.05, 0.1) is 41.5 Å². The Kier molecular flexibility index (Phi) is 45.7. The Morgan fingerprint density at radius 2 is 1.20 bits per heavy atom. The Hall–Kier alpha value is -11.3. The normalized spacial score (nSPS) is 19.1. The van der Waals surface area contributed by atoms with Crippen LogP contribution < -0.4 is 86.6 Å². The highest BCUT2D eigenvalue weighted by Crippen LogP contribution is 2.47. The molecule has 0 spiro atoms. The van der Waals surface area contributed by atoms with Crippen LogP contribution in [0.3, 0.4) is 0 Å². The molecular formula is C99H144N16O20S2. The molecule has 0 unspecified atom stereocenters. The zero-order valence-electron chi connectivity index (χ0n) is 81.3. The predicted molar refractivity (Wildman–Crippen MR) is 525 cm³/mol. The standard InChI is InChI=1S/C99H144N16O20S2/c1-57-26-25-31-72-70(56-106-84(57)72)49-76-91(130)108-74(33-16-14-15-27-58(2)116)90(129)114-86(97(9,10)136-137-98(11,12)87(107-62(6)120)94(133)111-77(54-83(104)126)92(131)113-85(60(4)118)93(132)110-76)79(122)51-68(46-63-35-38-71(39-36-63)135-45-43-102)88(127)109-75(48-64-34-37-65-28-17-18-30-67(65)47-64)80(123)55-99(13,40-21-23-42-101)95(134)112-73(32-20-24-44-105-61(5)119)78(121)50-69(53-82(103)125)89(128)115-96(7,8)81(124)52-66(59(3)117)29-19-22-41-100/h17-18,25-26,28,30-31,34-39,47,56,60,66,68-69,73-77,85-87,106,118H,14-16,19-24,27,29,32-33,40-46,48-55,100-102H2,1-13H3,(H2,103,125)(H2,104,126)(H,105,119)(H,107,120)(H,108,130)(H,109,127)(H,110,132)(H,111,133)(H,112,134)(H,113,131)(H,114,129)(H,115,128)/t60-,66+,68-,69+,73+,74+,75+,76+,77+,85+,86-,87-,99-/m1/s1. The average molecular weight is 1940 g/mol. The van der Waals surface area contributed by atoms with Crippen LogP contribution in [0, 0.1) is 30.1 Å². The topological polar surface area (TPSA) is 603 Å². The third-order valence-electron chi connectivity index (χ3n) is 24.7. The number of aliphatic hydroxyl groups is 1. The first kappa shape index (κ1) is 114. The number of rotatable bonds is 53. The molecule has 38 heteroatoms. The van der Waals surface area contributed by atoms with Gasteiger partial charge in [-0.25, -0.2) is 0 Å². The van der Waals surface area contributed by atoms with Gasteiger partial charge in [-0.05, 0) is 198 Å². The van der Waals surface area contributed by atoms with Crippen molar-refractivity contribution in [3.63, 3.8) is 0 Å². The highest BCUT2D eigenvalue weighted by molar-refractivity contribution is 8.77. The van der Waals surface area contributed by atoms with Gasteiger partial charge in [0.2, 0.25) is 70.9 Å². The lowest BCUT2D eigenvalue weighted by Crippen LogP contribution is -2.63. The minimum absolute atomic E-state index is 0.0401. The molecule has 0 bridgehead atoms. The van der Waals surface area contributed by atoms with Gasteiger partial charge < -0.3 is 101 Å². The lowest BCUT2D eigenvalue weighted by atomic mass is 9.77. The van der Waals surface area contributed by atoms with E-state index in [1.165, 1.54) is 41.5 Å². The molecule has 22 N–H and O–H groups in total. The quantitative estimate of drug-likeness (QED) is 0.0174. The van der Waals surface area contributed by atoms with Gasteiger partial charge in [0.1, 0.15) is 60.2 Å². The van der Waals surface area contributed by atoms with Crippen LogP contribution in [-0.4, -0.2) is 218 Å². The van der Waals surface area contributed by atoms with Gasteiger partial charge >= 0.3 is 0 Å². The van der Waals surface area contributed by atoms with E-state index in [1.54, 1.807) is 76.4 Å². The van der Waals surface area contributed by atoms with Crippen LogP contribution in [0.25, 0.3) is 21.7 Å². The fraction of sp³-hybridized carbons (Fsp3) is 0.576. The summed E-state index contributed by atoms with van der Waals surface area (Å²) in [5, 5.41) is 40.9. The number of primary amides is 2. The fourth-order valence-electron chi connectivity index (χ4n) is 16.5. The number of fused-ring (bicyclic) bond motifs is 2. The second-order valence-electron chi connectivity index (χ2n) is 38.0. The number of Topliss-reactive ketones (excluding diaryl/α,β-unsaturated/α-hetero) is 6. The molecule has 0 radical (unpaired) electrons. The number of unbranched alkanes of at least 4 members (excludes halogenated alkanes) is 5. The Bertz CT molecular complexity index is 5080. The van der Waals surface area contributed by atoms with Crippen molar-refractivity contribution >= 4 is 149 Å². The van der Waals surface area contributed by atoms with Crippen molar-refractivity contribution in [1.82, 2.24) is 58.2 Å². The number of carbonyl (C=O) groups excluding carboxylic acids is 18. The molecule has 0 saturated carbocycles. The molecule has 1 saturated heterocycles. The van der Waals surface area contributed by atoms with Gasteiger partial charge in [0.25, 0.3) is 0 Å². The van der Waals surface area contributed by atoms with Gasteiger partial charge in [-0.2, -0.15) is 0 Å². The third kappa shape index (κ3) is 36.8. The number of H-pyrrole nitrogens is 1. The van der Waals surface area contributed by atoms with E-state index in [1.807, 2.05) is 49.4 Å². The summed E-state index contributed by atoms with van der Waals surface area (Å²) in [5.74, 6) is -17.4. The smallest absolute Gasteiger partial charge is 0.245 e. The van der Waals surface area contributed by atoms with Gasteiger partial charge in [-0.3, -0.25) is 81.5 Å². The van der Waals surface area contributed by atoms with Gasteiger partial charge in [0, 0.05) is 110 Å². The molecule has 0 aliphatic carbocycles. The largest absolute Gasteiger partial charge is 0.492 e. The highest BCUT2D eigenvalue weighted by atomic mass is 33.1. The summed E-state index contributed by atoms with van der Waals surface area (Å²) in [6, 6.07) is 11.5. The Morgan fingerprint density at radius 1 is 0.569 bits per heavy atom. The number of hydrogen-bond donors (Lipinski definition) is 17. The molecule has 12 amide bonds. The van der Waals surface area contributed by atoms with E-state index in [0.717, 1.165) is 51.8 Å². The molecule has 2 heterocycles. The van der Waals surface area contributed by atoms with Gasteiger partial charge in [-0.1, -0.05) is 127 Å². The maximum absolute atomic E-state index is 16.6. The molecule has 13 atom stereocenters. The van der Waals surface area contributed by atoms with Crippen molar-refractivity contribution in [2.75, 3.05) is 32.8 Å². The molecule has 1 fully saturated rings. The summed E-state index contributed by atoms with van der Waals surface area (Å²) >= 11 is 0. The van der Waals surface area contributed by atoms with Gasteiger partial charge in [-0.15, -0.1) is 0 Å². The number of ketones is 6.